The average Bonchev–Trinajstić information content (AvgIpc) is 3.44. The van der Waals surface area contributed by atoms with E-state index in [1.807, 2.05) is 36.5 Å². The van der Waals surface area contributed by atoms with Gasteiger partial charge in [-0.15, -0.1) is 0 Å². The topological polar surface area (TPSA) is 64.7 Å². The van der Waals surface area contributed by atoms with Gasteiger partial charge in [0.05, 0.1) is 23.9 Å². The van der Waals surface area contributed by atoms with Gasteiger partial charge >= 0.3 is 0 Å². The van der Waals surface area contributed by atoms with Crippen LogP contribution >= 0.6 is 0 Å². The number of para-hydroxylation sites is 1. The zero-order valence-electron chi connectivity index (χ0n) is 15.7. The van der Waals surface area contributed by atoms with Gasteiger partial charge in [-0.2, -0.15) is 5.10 Å². The number of hydrogen-bond donors (Lipinski definition) is 1. The Balaban J connectivity index is 1.28. The molecule has 0 saturated carbocycles. The van der Waals surface area contributed by atoms with Crippen molar-refractivity contribution < 1.29 is 9.18 Å². The zero-order chi connectivity index (χ0) is 20.1. The van der Waals surface area contributed by atoms with Crippen molar-refractivity contribution in [2.75, 3.05) is 0 Å². The highest BCUT2D eigenvalue weighted by atomic mass is 19.1. The number of carbonyl (C=O) groups is 1. The molecule has 2 heterocycles. The van der Waals surface area contributed by atoms with Crippen LogP contribution < -0.4 is 5.32 Å². The van der Waals surface area contributed by atoms with E-state index in [4.69, 9.17) is 0 Å². The summed E-state index contributed by atoms with van der Waals surface area (Å²) in [5.74, 6) is -0.445. The number of halogens is 1. The Morgan fingerprint density at radius 3 is 2.72 bits per heavy atom. The fraction of sp³-hybridized carbons (Fsp3) is 0.136. The number of nitrogens with one attached hydrogen (secondary N) is 1. The first-order valence-electron chi connectivity index (χ1n) is 9.31. The maximum atomic E-state index is 14.3. The van der Waals surface area contributed by atoms with Crippen molar-refractivity contribution in [1.29, 1.82) is 0 Å². The molecule has 0 unspecified atom stereocenters. The number of imidazole rings is 1. The van der Waals surface area contributed by atoms with Crippen molar-refractivity contribution in [2.45, 2.75) is 19.4 Å². The number of amides is 1. The molecule has 0 bridgehead atoms. The van der Waals surface area contributed by atoms with Gasteiger partial charge in [-0.3, -0.25) is 4.79 Å². The molecule has 0 radical (unpaired) electrons. The summed E-state index contributed by atoms with van der Waals surface area (Å²) in [5.41, 5.74) is 3.09. The van der Waals surface area contributed by atoms with Gasteiger partial charge in [0.25, 0.3) is 0 Å². The summed E-state index contributed by atoms with van der Waals surface area (Å²) in [6.07, 6.45) is 9.44. The van der Waals surface area contributed by atoms with Gasteiger partial charge in [0, 0.05) is 31.6 Å². The van der Waals surface area contributed by atoms with Gasteiger partial charge in [0.2, 0.25) is 5.91 Å². The van der Waals surface area contributed by atoms with Crippen LogP contribution in [0.1, 0.15) is 17.5 Å². The molecule has 2 aromatic heterocycles. The molecule has 29 heavy (non-hydrogen) atoms. The first kappa shape index (κ1) is 18.6. The molecule has 4 rings (SSSR count). The van der Waals surface area contributed by atoms with E-state index >= 15 is 0 Å². The molecule has 0 aliphatic rings. The second kappa shape index (κ2) is 8.52. The maximum absolute atomic E-state index is 14.3. The minimum absolute atomic E-state index is 0.0865. The van der Waals surface area contributed by atoms with Gasteiger partial charge in [0.15, 0.2) is 0 Å². The number of nitrogens with zero attached hydrogens (tertiary/aromatic N) is 4. The Bertz CT molecular complexity index is 1090. The fourth-order valence-electron chi connectivity index (χ4n) is 3.03. The fourth-order valence-corrected chi connectivity index (χ4v) is 3.03. The summed E-state index contributed by atoms with van der Waals surface area (Å²) in [7, 11) is 0. The molecule has 0 atom stereocenters. The number of benzene rings is 2. The maximum Gasteiger partial charge on any atom is 0.220 e. The van der Waals surface area contributed by atoms with Gasteiger partial charge in [-0.1, -0.05) is 24.3 Å². The Labute approximate surface area is 167 Å². The largest absolute Gasteiger partial charge is 0.352 e. The smallest absolute Gasteiger partial charge is 0.220 e. The SMILES string of the molecule is O=C(CCc1cnn(-c2ccccc2)c1)NCc1ccc(-n2ccnc2)c(F)c1. The molecule has 6 nitrogen and oxygen atoms in total. The molecule has 7 heteroatoms. The van der Waals surface area contributed by atoms with Crippen LogP contribution in [-0.4, -0.2) is 25.2 Å². The average molecular weight is 389 g/mol. The highest BCUT2D eigenvalue weighted by molar-refractivity contribution is 5.76. The summed E-state index contributed by atoms with van der Waals surface area (Å²) >= 11 is 0. The molecule has 1 amide bonds. The van der Waals surface area contributed by atoms with Crippen LogP contribution in [-0.2, 0) is 17.8 Å². The number of carbonyl (C=O) groups excluding carboxylic acids is 1. The first-order valence-corrected chi connectivity index (χ1v) is 9.31. The molecule has 146 valence electrons. The summed E-state index contributed by atoms with van der Waals surface area (Å²) in [6, 6.07) is 14.7. The number of hydrogen-bond acceptors (Lipinski definition) is 3. The predicted octanol–water partition coefficient (Wildman–Crippen LogP) is 3.45. The molecule has 1 N–H and O–H groups in total. The van der Waals surface area contributed by atoms with Crippen molar-refractivity contribution in [3.8, 4) is 11.4 Å². The molecule has 0 spiro atoms. The van der Waals surface area contributed by atoms with Gasteiger partial charge in [-0.05, 0) is 41.8 Å². The third-order valence-corrected chi connectivity index (χ3v) is 4.58. The van der Waals surface area contributed by atoms with Crippen LogP contribution in [0.2, 0.25) is 0 Å². The molecule has 0 aliphatic heterocycles. The normalized spacial score (nSPS) is 10.8. The van der Waals surface area contributed by atoms with E-state index < -0.39 is 0 Å². The Morgan fingerprint density at radius 2 is 1.97 bits per heavy atom. The van der Waals surface area contributed by atoms with Crippen LogP contribution in [0.25, 0.3) is 11.4 Å². The lowest BCUT2D eigenvalue weighted by Gasteiger charge is -2.08. The van der Waals surface area contributed by atoms with Crippen molar-refractivity contribution in [3.63, 3.8) is 0 Å². The second-order valence-corrected chi connectivity index (χ2v) is 6.66. The molecule has 2 aromatic carbocycles. The van der Waals surface area contributed by atoms with Crippen LogP contribution in [0.3, 0.4) is 0 Å². The number of aryl methyl sites for hydroxylation is 1. The van der Waals surface area contributed by atoms with E-state index in [0.717, 1.165) is 11.3 Å². The number of aromatic nitrogens is 4. The third-order valence-electron chi connectivity index (χ3n) is 4.58. The third kappa shape index (κ3) is 4.57. The highest BCUT2D eigenvalue weighted by Crippen LogP contribution is 2.15. The minimum Gasteiger partial charge on any atom is -0.352 e. The lowest BCUT2D eigenvalue weighted by Crippen LogP contribution is -2.23. The van der Waals surface area contributed by atoms with Gasteiger partial charge < -0.3 is 9.88 Å². The molecule has 4 aromatic rings. The second-order valence-electron chi connectivity index (χ2n) is 6.66. The monoisotopic (exact) mass is 389 g/mol. The van der Waals surface area contributed by atoms with E-state index in [1.165, 1.54) is 6.07 Å². The predicted molar refractivity (Wildman–Crippen MR) is 107 cm³/mol. The van der Waals surface area contributed by atoms with Crippen LogP contribution in [0.15, 0.2) is 79.6 Å². The molecule has 0 fully saturated rings. The lowest BCUT2D eigenvalue weighted by molar-refractivity contribution is -0.121. The van der Waals surface area contributed by atoms with Crippen molar-refractivity contribution in [3.05, 3.63) is 96.6 Å². The van der Waals surface area contributed by atoms with Crippen molar-refractivity contribution >= 4 is 5.91 Å². The van der Waals surface area contributed by atoms with Crippen LogP contribution in [0, 0.1) is 5.82 Å². The molecule has 0 saturated heterocycles. The number of rotatable bonds is 7. The molecule has 0 aliphatic carbocycles. The van der Waals surface area contributed by atoms with Crippen LogP contribution in [0.5, 0.6) is 0 Å². The van der Waals surface area contributed by atoms with Crippen molar-refractivity contribution in [1.82, 2.24) is 24.6 Å². The van der Waals surface area contributed by atoms with Gasteiger partial charge in [-0.25, -0.2) is 14.1 Å². The van der Waals surface area contributed by atoms with Crippen LogP contribution in [0.4, 0.5) is 4.39 Å². The first-order chi connectivity index (χ1) is 14.2. The summed E-state index contributed by atoms with van der Waals surface area (Å²) in [4.78, 5) is 16.1. The van der Waals surface area contributed by atoms with E-state index in [9.17, 15) is 9.18 Å². The highest BCUT2D eigenvalue weighted by Gasteiger charge is 2.08. The summed E-state index contributed by atoms with van der Waals surface area (Å²) in [5, 5.41) is 7.17. The minimum atomic E-state index is -0.358. The Kier molecular flexibility index (Phi) is 5.47. The van der Waals surface area contributed by atoms with Crippen molar-refractivity contribution in [2.24, 2.45) is 0 Å². The molecular formula is C22H20FN5O. The standard InChI is InChI=1S/C22H20FN5O/c23-20-12-17(6-8-21(20)27-11-10-24-16-27)13-25-22(29)9-7-18-14-26-28(15-18)19-4-2-1-3-5-19/h1-6,8,10-12,14-16H,7,9,13H2,(H,25,29). The summed E-state index contributed by atoms with van der Waals surface area (Å²) < 4.78 is 17.7. The van der Waals surface area contributed by atoms with Gasteiger partial charge in [0.1, 0.15) is 5.82 Å². The zero-order valence-corrected chi connectivity index (χ0v) is 15.7. The Morgan fingerprint density at radius 1 is 1.10 bits per heavy atom. The Hall–Kier alpha value is -3.74. The lowest BCUT2D eigenvalue weighted by atomic mass is 10.1. The molecular weight excluding hydrogens is 369 g/mol. The van der Waals surface area contributed by atoms with E-state index in [-0.39, 0.29) is 18.3 Å². The van der Waals surface area contributed by atoms with E-state index in [0.29, 0.717) is 24.1 Å². The summed E-state index contributed by atoms with van der Waals surface area (Å²) in [6.45, 7) is 0.281. The van der Waals surface area contributed by atoms with E-state index in [1.54, 1.807) is 46.3 Å². The van der Waals surface area contributed by atoms with E-state index in [2.05, 4.69) is 15.4 Å². The quantitative estimate of drug-likeness (QED) is 0.527.